The smallest absolute Gasteiger partial charge is 0.414 e. The van der Waals surface area contributed by atoms with E-state index in [0.29, 0.717) is 19.5 Å². The van der Waals surface area contributed by atoms with Gasteiger partial charge in [-0.3, -0.25) is 9.69 Å². The van der Waals surface area contributed by atoms with Gasteiger partial charge < -0.3 is 9.64 Å². The fraction of sp³-hybridized carbons (Fsp3) is 0.412. The maximum Gasteiger partial charge on any atom is 0.414 e. The van der Waals surface area contributed by atoms with Gasteiger partial charge in [0.2, 0.25) is 5.91 Å². The number of benzene rings is 1. The molecule has 1 unspecified atom stereocenters. The van der Waals surface area contributed by atoms with Crippen LogP contribution in [0.2, 0.25) is 0 Å². The molecule has 0 radical (unpaired) electrons. The van der Waals surface area contributed by atoms with Crippen LogP contribution in [-0.2, 0) is 22.5 Å². The van der Waals surface area contributed by atoms with Crippen molar-refractivity contribution >= 4 is 23.4 Å². The van der Waals surface area contributed by atoms with Gasteiger partial charge >= 0.3 is 6.09 Å². The molecule has 1 atom stereocenters. The van der Waals surface area contributed by atoms with Gasteiger partial charge in [-0.25, -0.2) is 9.48 Å². The highest BCUT2D eigenvalue weighted by molar-refractivity contribution is 6.02. The Morgan fingerprint density at radius 3 is 2.88 bits per heavy atom. The highest BCUT2D eigenvalue weighted by Gasteiger charge is 2.35. The number of nitrogens with zero attached hydrogens (tertiary/aromatic N) is 5. The number of hydrogen-bond acceptors (Lipinski definition) is 5. The standard InChI is InChI=1S/C17H19N5O3/c1-11(2)22-15-4-3-13(7-12(15)8-16(22)23)21-10-14(25-17(21)24)9-20-6-5-18-19-20/h3-7,11,14H,8-10H2,1-2H3. The molecule has 3 heterocycles. The lowest BCUT2D eigenvalue weighted by atomic mass is 10.1. The predicted octanol–water partition coefficient (Wildman–Crippen LogP) is 1.60. The molecule has 2 aromatic rings. The first kappa shape index (κ1) is 15.6. The normalized spacial score (nSPS) is 19.7. The molecule has 8 nitrogen and oxygen atoms in total. The van der Waals surface area contributed by atoms with Crippen LogP contribution < -0.4 is 9.80 Å². The number of ether oxygens (including phenoxy) is 1. The fourth-order valence-corrected chi connectivity index (χ4v) is 3.43. The van der Waals surface area contributed by atoms with Crippen LogP contribution in [0, 0.1) is 0 Å². The summed E-state index contributed by atoms with van der Waals surface area (Å²) in [5.74, 6) is 0.0928. The number of hydrogen-bond donors (Lipinski definition) is 0. The highest BCUT2D eigenvalue weighted by Crippen LogP contribution is 2.34. The van der Waals surface area contributed by atoms with Gasteiger partial charge in [0.1, 0.15) is 6.10 Å². The molecule has 0 spiro atoms. The Hall–Kier alpha value is -2.90. The van der Waals surface area contributed by atoms with Gasteiger partial charge in [0.15, 0.2) is 0 Å². The van der Waals surface area contributed by atoms with E-state index in [-0.39, 0.29) is 24.1 Å². The van der Waals surface area contributed by atoms with Crippen LogP contribution in [0.4, 0.5) is 16.2 Å². The number of anilines is 2. The lowest BCUT2D eigenvalue weighted by Crippen LogP contribution is -2.33. The summed E-state index contributed by atoms with van der Waals surface area (Å²) in [6.07, 6.45) is 3.03. The molecule has 1 fully saturated rings. The summed E-state index contributed by atoms with van der Waals surface area (Å²) < 4.78 is 7.06. The first-order valence-electron chi connectivity index (χ1n) is 8.30. The number of carbonyl (C=O) groups is 2. The highest BCUT2D eigenvalue weighted by atomic mass is 16.6. The zero-order chi connectivity index (χ0) is 17.6. The molecule has 2 amide bonds. The third-order valence-corrected chi connectivity index (χ3v) is 4.50. The Labute approximate surface area is 145 Å². The average Bonchev–Trinajstić information content (AvgIpc) is 3.25. The molecule has 0 saturated carbocycles. The third kappa shape index (κ3) is 2.73. The van der Waals surface area contributed by atoms with Crippen molar-refractivity contribution in [3.8, 4) is 0 Å². The van der Waals surface area contributed by atoms with Crippen LogP contribution in [0.25, 0.3) is 0 Å². The van der Waals surface area contributed by atoms with Crippen LogP contribution in [0.1, 0.15) is 19.4 Å². The lowest BCUT2D eigenvalue weighted by molar-refractivity contribution is -0.117. The van der Waals surface area contributed by atoms with E-state index in [1.165, 1.54) is 0 Å². The van der Waals surface area contributed by atoms with Gasteiger partial charge in [-0.15, -0.1) is 5.10 Å². The van der Waals surface area contributed by atoms with Crippen molar-refractivity contribution in [3.63, 3.8) is 0 Å². The Kier molecular flexibility index (Phi) is 3.67. The van der Waals surface area contributed by atoms with Crippen LogP contribution in [0.5, 0.6) is 0 Å². The molecule has 0 aliphatic carbocycles. The monoisotopic (exact) mass is 341 g/mol. The van der Waals surface area contributed by atoms with E-state index in [0.717, 1.165) is 16.9 Å². The lowest BCUT2D eigenvalue weighted by Gasteiger charge is -2.22. The van der Waals surface area contributed by atoms with Crippen molar-refractivity contribution in [1.29, 1.82) is 0 Å². The molecule has 0 bridgehead atoms. The fourth-order valence-electron chi connectivity index (χ4n) is 3.43. The summed E-state index contributed by atoms with van der Waals surface area (Å²) in [5.41, 5.74) is 2.63. The summed E-state index contributed by atoms with van der Waals surface area (Å²) in [6.45, 7) is 4.90. The summed E-state index contributed by atoms with van der Waals surface area (Å²) in [6, 6.07) is 5.80. The van der Waals surface area contributed by atoms with Crippen molar-refractivity contribution in [3.05, 3.63) is 36.2 Å². The van der Waals surface area contributed by atoms with Crippen molar-refractivity contribution in [2.75, 3.05) is 16.3 Å². The van der Waals surface area contributed by atoms with Gasteiger partial charge in [0, 0.05) is 23.6 Å². The van der Waals surface area contributed by atoms with Gasteiger partial charge in [-0.2, -0.15) is 0 Å². The largest absolute Gasteiger partial charge is 0.442 e. The van der Waals surface area contributed by atoms with Gasteiger partial charge in [0.05, 0.1) is 25.7 Å². The Bertz CT molecular complexity index is 818. The first-order valence-corrected chi connectivity index (χ1v) is 8.30. The number of carbonyl (C=O) groups excluding carboxylic acids is 2. The molecule has 25 heavy (non-hydrogen) atoms. The molecular weight excluding hydrogens is 322 g/mol. The van der Waals surface area contributed by atoms with Gasteiger partial charge in [-0.05, 0) is 37.6 Å². The van der Waals surface area contributed by atoms with E-state index in [1.807, 2.05) is 32.0 Å². The van der Waals surface area contributed by atoms with E-state index >= 15 is 0 Å². The minimum Gasteiger partial charge on any atom is -0.442 e. The molecule has 130 valence electrons. The van der Waals surface area contributed by atoms with E-state index in [4.69, 9.17) is 4.74 Å². The molecule has 2 aliphatic rings. The maximum absolute atomic E-state index is 12.2. The van der Waals surface area contributed by atoms with E-state index < -0.39 is 0 Å². The molecular formula is C17H19N5O3. The number of aromatic nitrogens is 3. The predicted molar refractivity (Wildman–Crippen MR) is 90.4 cm³/mol. The molecule has 2 aliphatic heterocycles. The molecule has 1 aromatic heterocycles. The maximum atomic E-state index is 12.2. The molecule has 1 aromatic carbocycles. The second kappa shape index (κ2) is 5.87. The SMILES string of the molecule is CC(C)N1C(=O)Cc2cc(N3CC(Cn4ccnn4)OC3=O)ccc21. The number of amides is 2. The Balaban J connectivity index is 1.54. The number of fused-ring (bicyclic) bond motifs is 1. The molecule has 4 rings (SSSR count). The first-order chi connectivity index (χ1) is 12.0. The van der Waals surface area contributed by atoms with Crippen molar-refractivity contribution in [2.45, 2.75) is 39.0 Å². The van der Waals surface area contributed by atoms with Crippen LogP contribution in [0.3, 0.4) is 0 Å². The minimum absolute atomic E-state index is 0.0928. The average molecular weight is 341 g/mol. The minimum atomic E-state index is -0.380. The van der Waals surface area contributed by atoms with E-state index in [9.17, 15) is 9.59 Å². The van der Waals surface area contributed by atoms with E-state index in [1.54, 1.807) is 26.9 Å². The third-order valence-electron chi connectivity index (χ3n) is 4.50. The van der Waals surface area contributed by atoms with Crippen LogP contribution >= 0.6 is 0 Å². The van der Waals surface area contributed by atoms with Crippen molar-refractivity contribution in [1.82, 2.24) is 15.0 Å². The van der Waals surface area contributed by atoms with Crippen molar-refractivity contribution in [2.24, 2.45) is 0 Å². The van der Waals surface area contributed by atoms with Crippen molar-refractivity contribution < 1.29 is 14.3 Å². The summed E-state index contributed by atoms with van der Waals surface area (Å²) in [5, 5.41) is 7.65. The number of rotatable bonds is 4. The Morgan fingerprint density at radius 1 is 1.32 bits per heavy atom. The second-order valence-corrected chi connectivity index (χ2v) is 6.59. The van der Waals surface area contributed by atoms with E-state index in [2.05, 4.69) is 10.3 Å². The molecule has 8 heteroatoms. The zero-order valence-corrected chi connectivity index (χ0v) is 14.1. The van der Waals surface area contributed by atoms with Crippen LogP contribution in [0.15, 0.2) is 30.6 Å². The van der Waals surface area contributed by atoms with Gasteiger partial charge in [-0.1, -0.05) is 5.21 Å². The summed E-state index contributed by atoms with van der Waals surface area (Å²) >= 11 is 0. The molecule has 1 saturated heterocycles. The zero-order valence-electron chi connectivity index (χ0n) is 14.1. The van der Waals surface area contributed by atoms with Crippen LogP contribution in [-0.4, -0.2) is 45.7 Å². The molecule has 0 N–H and O–H groups in total. The second-order valence-electron chi connectivity index (χ2n) is 6.59. The Morgan fingerprint density at radius 2 is 2.16 bits per heavy atom. The topological polar surface area (TPSA) is 80.6 Å². The quantitative estimate of drug-likeness (QED) is 0.844. The summed E-state index contributed by atoms with van der Waals surface area (Å²) in [7, 11) is 0. The summed E-state index contributed by atoms with van der Waals surface area (Å²) in [4.78, 5) is 27.8. The number of cyclic esters (lactones) is 1. The van der Waals surface area contributed by atoms with Gasteiger partial charge in [0.25, 0.3) is 0 Å².